The first-order chi connectivity index (χ1) is 10.8. The van der Waals surface area contributed by atoms with Crippen LogP contribution in [0.5, 0.6) is 5.75 Å². The minimum atomic E-state index is -1.15. The minimum absolute atomic E-state index is 0.0373. The molecule has 4 N–H and O–H groups in total. The van der Waals surface area contributed by atoms with Crippen molar-refractivity contribution in [3.05, 3.63) is 36.0 Å². The van der Waals surface area contributed by atoms with Crippen LogP contribution in [0.25, 0.3) is 0 Å². The van der Waals surface area contributed by atoms with Crippen molar-refractivity contribution in [2.45, 2.75) is 26.3 Å². The van der Waals surface area contributed by atoms with E-state index in [4.69, 9.17) is 10.4 Å². The summed E-state index contributed by atoms with van der Waals surface area (Å²) in [6, 6.07) is 6.95. The Balaban J connectivity index is 2.82. The summed E-state index contributed by atoms with van der Waals surface area (Å²) < 4.78 is 0. The van der Waals surface area contributed by atoms with Crippen LogP contribution in [0.4, 0.5) is 5.69 Å². The monoisotopic (exact) mass is 317 g/mol. The summed E-state index contributed by atoms with van der Waals surface area (Å²) in [7, 11) is 0. The first kappa shape index (κ1) is 18.0. The fourth-order valence-electron chi connectivity index (χ4n) is 1.82. The fourth-order valence-corrected chi connectivity index (χ4v) is 1.82. The fraction of sp³-hybridized carbons (Fsp3) is 0.312. The quantitative estimate of drug-likeness (QED) is 0.346. The molecule has 1 unspecified atom stereocenters. The maximum absolute atomic E-state index is 12.0. The molecule has 0 heterocycles. The number of rotatable bonds is 7. The van der Waals surface area contributed by atoms with Gasteiger partial charge in [0.05, 0.1) is 5.69 Å². The van der Waals surface area contributed by atoms with Crippen LogP contribution in [-0.2, 0) is 9.59 Å². The molecule has 1 aromatic rings. The van der Waals surface area contributed by atoms with Crippen LogP contribution in [0.2, 0.25) is 0 Å². The average molecular weight is 317 g/mol. The van der Waals surface area contributed by atoms with Crippen molar-refractivity contribution in [3.8, 4) is 11.8 Å². The van der Waals surface area contributed by atoms with Crippen molar-refractivity contribution in [1.82, 2.24) is 5.32 Å². The lowest BCUT2D eigenvalue weighted by atomic mass is 10.0. The highest BCUT2D eigenvalue weighted by atomic mass is 16.4. The number of phenols is 1. The van der Waals surface area contributed by atoms with E-state index in [0.29, 0.717) is 5.69 Å². The summed E-state index contributed by atoms with van der Waals surface area (Å²) >= 11 is 0. The molecule has 0 aliphatic heterocycles. The molecule has 1 rings (SSSR count). The summed E-state index contributed by atoms with van der Waals surface area (Å²) in [5.74, 6) is -1.91. The lowest BCUT2D eigenvalue weighted by Gasteiger charge is -2.16. The van der Waals surface area contributed by atoms with Gasteiger partial charge in [0.1, 0.15) is 23.4 Å². The number of para-hydroxylation sites is 2. The first-order valence-electron chi connectivity index (χ1n) is 7.03. The van der Waals surface area contributed by atoms with E-state index in [2.05, 4.69) is 10.6 Å². The van der Waals surface area contributed by atoms with Gasteiger partial charge in [0.2, 0.25) is 0 Å². The van der Waals surface area contributed by atoms with Crippen LogP contribution in [-0.4, -0.2) is 28.1 Å². The van der Waals surface area contributed by atoms with Crippen molar-refractivity contribution >= 4 is 17.6 Å². The number of aromatic hydroxyl groups is 1. The topological polar surface area (TPSA) is 122 Å². The average Bonchev–Trinajstić information content (AvgIpc) is 2.48. The number of aliphatic carboxylic acids is 1. The molecular weight excluding hydrogens is 298 g/mol. The normalized spacial score (nSPS) is 12.3. The molecule has 7 heteroatoms. The molecule has 0 aromatic heterocycles. The number of benzene rings is 1. The molecule has 0 saturated carbocycles. The maximum atomic E-state index is 12.0. The van der Waals surface area contributed by atoms with Gasteiger partial charge in [-0.2, -0.15) is 5.26 Å². The zero-order valence-electron chi connectivity index (χ0n) is 12.9. The van der Waals surface area contributed by atoms with Gasteiger partial charge in [0.15, 0.2) is 0 Å². The van der Waals surface area contributed by atoms with Gasteiger partial charge in [0, 0.05) is 6.20 Å². The molecule has 1 aromatic carbocycles. The SMILES string of the molecule is CC(C)CC(NC(=O)/C(C#N)=C\Nc1ccccc1O)C(=O)O. The van der Waals surface area contributed by atoms with Crippen LogP contribution in [0.15, 0.2) is 36.0 Å². The van der Waals surface area contributed by atoms with Gasteiger partial charge in [0.25, 0.3) is 5.91 Å². The molecule has 1 atom stereocenters. The van der Waals surface area contributed by atoms with Gasteiger partial charge in [-0.05, 0) is 24.5 Å². The third kappa shape index (κ3) is 5.71. The highest BCUT2D eigenvalue weighted by Gasteiger charge is 2.22. The van der Waals surface area contributed by atoms with E-state index in [1.807, 2.05) is 13.8 Å². The molecule has 7 nitrogen and oxygen atoms in total. The van der Waals surface area contributed by atoms with Gasteiger partial charge in [-0.25, -0.2) is 4.79 Å². The third-order valence-electron chi connectivity index (χ3n) is 2.95. The number of hydrogen-bond donors (Lipinski definition) is 4. The summed E-state index contributed by atoms with van der Waals surface area (Å²) in [6.07, 6.45) is 1.38. The molecule has 0 fully saturated rings. The van der Waals surface area contributed by atoms with Crippen molar-refractivity contribution in [3.63, 3.8) is 0 Å². The molecule has 0 aliphatic rings. The second-order valence-electron chi connectivity index (χ2n) is 5.33. The zero-order valence-corrected chi connectivity index (χ0v) is 12.9. The van der Waals surface area contributed by atoms with E-state index in [-0.39, 0.29) is 23.7 Å². The van der Waals surface area contributed by atoms with Gasteiger partial charge < -0.3 is 20.8 Å². The molecule has 0 spiro atoms. The number of carbonyl (C=O) groups excluding carboxylic acids is 1. The Labute approximate surface area is 134 Å². The summed E-state index contributed by atoms with van der Waals surface area (Å²) in [4.78, 5) is 23.1. The van der Waals surface area contributed by atoms with Crippen LogP contribution in [0, 0.1) is 17.2 Å². The second kappa shape index (κ2) is 8.44. The highest BCUT2D eigenvalue weighted by molar-refractivity contribution is 5.99. The van der Waals surface area contributed by atoms with E-state index >= 15 is 0 Å². The van der Waals surface area contributed by atoms with Gasteiger partial charge in [-0.1, -0.05) is 26.0 Å². The Morgan fingerprint density at radius 2 is 2.00 bits per heavy atom. The number of carboxylic acid groups (broad SMARTS) is 1. The lowest BCUT2D eigenvalue weighted by molar-refractivity contribution is -0.141. The molecule has 0 radical (unpaired) electrons. The third-order valence-corrected chi connectivity index (χ3v) is 2.95. The van der Waals surface area contributed by atoms with Gasteiger partial charge in [-0.3, -0.25) is 4.79 Å². The molecule has 23 heavy (non-hydrogen) atoms. The number of hydrogen-bond acceptors (Lipinski definition) is 5. The number of nitrogens with zero attached hydrogens (tertiary/aromatic N) is 1. The van der Waals surface area contributed by atoms with E-state index in [1.165, 1.54) is 6.07 Å². The Hall–Kier alpha value is -3.01. The Morgan fingerprint density at radius 3 is 2.52 bits per heavy atom. The van der Waals surface area contributed by atoms with Gasteiger partial charge in [-0.15, -0.1) is 0 Å². The number of nitriles is 1. The van der Waals surface area contributed by atoms with Crippen molar-refractivity contribution < 1.29 is 19.8 Å². The Morgan fingerprint density at radius 1 is 1.35 bits per heavy atom. The summed E-state index contributed by atoms with van der Waals surface area (Å²) in [5.41, 5.74) is 0.0354. The molecule has 122 valence electrons. The second-order valence-corrected chi connectivity index (χ2v) is 5.33. The highest BCUT2D eigenvalue weighted by Crippen LogP contribution is 2.21. The zero-order chi connectivity index (χ0) is 17.4. The predicted octanol–water partition coefficient (Wildman–Crippen LogP) is 1.83. The first-order valence-corrected chi connectivity index (χ1v) is 7.03. The predicted molar refractivity (Wildman–Crippen MR) is 84.4 cm³/mol. The molecule has 1 amide bonds. The van der Waals surface area contributed by atoms with Gasteiger partial charge >= 0.3 is 5.97 Å². The number of phenolic OH excluding ortho intramolecular Hbond substituents is 1. The van der Waals surface area contributed by atoms with Crippen LogP contribution < -0.4 is 10.6 Å². The minimum Gasteiger partial charge on any atom is -0.506 e. The van der Waals surface area contributed by atoms with Crippen LogP contribution in [0.3, 0.4) is 0 Å². The largest absolute Gasteiger partial charge is 0.506 e. The number of carbonyl (C=O) groups is 2. The van der Waals surface area contributed by atoms with Crippen LogP contribution >= 0.6 is 0 Å². The van der Waals surface area contributed by atoms with E-state index in [9.17, 15) is 14.7 Å². The van der Waals surface area contributed by atoms with E-state index in [0.717, 1.165) is 6.20 Å². The Kier molecular flexibility index (Phi) is 6.62. The Bertz CT molecular complexity index is 647. The van der Waals surface area contributed by atoms with Crippen molar-refractivity contribution in [2.75, 3.05) is 5.32 Å². The van der Waals surface area contributed by atoms with E-state index in [1.54, 1.807) is 24.3 Å². The maximum Gasteiger partial charge on any atom is 0.326 e. The van der Waals surface area contributed by atoms with Crippen molar-refractivity contribution in [1.29, 1.82) is 5.26 Å². The van der Waals surface area contributed by atoms with Crippen molar-refractivity contribution in [2.24, 2.45) is 5.92 Å². The molecule has 0 bridgehead atoms. The molecule has 0 aliphatic carbocycles. The summed E-state index contributed by atoms with van der Waals surface area (Å²) in [5, 5.41) is 32.7. The standard InChI is InChI=1S/C16H19N3O4/c1-10(2)7-13(16(22)23)19-15(21)11(8-17)9-18-12-5-3-4-6-14(12)20/h3-6,9-10,13,18,20H,7H2,1-2H3,(H,19,21)(H,22,23)/b11-9-. The summed E-state index contributed by atoms with van der Waals surface area (Å²) in [6.45, 7) is 3.67. The number of amides is 1. The van der Waals surface area contributed by atoms with Crippen LogP contribution in [0.1, 0.15) is 20.3 Å². The smallest absolute Gasteiger partial charge is 0.326 e. The molecular formula is C16H19N3O4. The van der Waals surface area contributed by atoms with E-state index < -0.39 is 17.9 Å². The lowest BCUT2D eigenvalue weighted by Crippen LogP contribution is -2.42. The number of nitrogens with one attached hydrogen (secondary N) is 2. The molecule has 0 saturated heterocycles. The number of carboxylic acids is 1. The number of anilines is 1.